The normalized spacial score (nSPS) is 11.8. The van der Waals surface area contributed by atoms with Crippen LogP contribution in [-0.2, 0) is 4.57 Å². The molecule has 0 saturated heterocycles. The molecule has 0 amide bonds. The smallest absolute Gasteiger partial charge is 0.485 e. The minimum Gasteiger partial charge on any atom is -0.567 e. The third-order valence-electron chi connectivity index (χ3n) is 3.94. The van der Waals surface area contributed by atoms with Gasteiger partial charge in [-0.05, 0) is 30.2 Å². The fourth-order valence-corrected chi connectivity index (χ4v) is 2.64. The van der Waals surface area contributed by atoms with Crippen LogP contribution in [0.15, 0.2) is 0 Å². The molecular weight excluding hydrogens is 285 g/mol. The van der Waals surface area contributed by atoms with Gasteiger partial charge >= 0.3 is 8.25 Å². The van der Waals surface area contributed by atoms with Crippen molar-refractivity contribution in [1.82, 2.24) is 0 Å². The van der Waals surface area contributed by atoms with Crippen molar-refractivity contribution >= 4 is 8.25 Å². The van der Waals surface area contributed by atoms with Crippen LogP contribution in [0.25, 0.3) is 0 Å². The zero-order valence-electron chi connectivity index (χ0n) is 14.6. The molecule has 0 aliphatic carbocycles. The second kappa shape index (κ2) is 16.4. The Labute approximate surface area is 133 Å². The molecule has 0 aromatic rings. The van der Waals surface area contributed by atoms with Crippen molar-refractivity contribution in [2.45, 2.75) is 79.1 Å². The first-order chi connectivity index (χ1) is 9.97. The lowest BCUT2D eigenvalue weighted by molar-refractivity contribution is -0.929. The average molecular weight is 322 g/mol. The molecule has 21 heavy (non-hydrogen) atoms. The molecule has 1 unspecified atom stereocenters. The van der Waals surface area contributed by atoms with Crippen LogP contribution in [0.3, 0.4) is 0 Å². The molecule has 0 aromatic heterocycles. The molecule has 0 rings (SSSR count). The molecule has 0 aliphatic heterocycles. The van der Waals surface area contributed by atoms with E-state index in [9.17, 15) is 0 Å². The SMILES string of the molecule is CCCC[N+](CCCC)(CCCC)CCCC.O=[P+]([O-])O. The van der Waals surface area contributed by atoms with E-state index in [1.807, 2.05) is 0 Å². The Morgan fingerprint density at radius 1 is 0.762 bits per heavy atom. The zero-order chi connectivity index (χ0) is 16.6. The second-order valence-corrected chi connectivity index (χ2v) is 6.36. The molecule has 0 heterocycles. The van der Waals surface area contributed by atoms with Crippen molar-refractivity contribution in [1.29, 1.82) is 0 Å². The van der Waals surface area contributed by atoms with Crippen LogP contribution in [0.2, 0.25) is 0 Å². The summed E-state index contributed by atoms with van der Waals surface area (Å²) in [5.74, 6) is 0. The van der Waals surface area contributed by atoms with E-state index in [0.717, 1.165) is 0 Å². The molecule has 4 nitrogen and oxygen atoms in total. The van der Waals surface area contributed by atoms with Crippen LogP contribution < -0.4 is 4.89 Å². The molecule has 0 aliphatic rings. The Kier molecular flexibility index (Phi) is 18.1. The topological polar surface area (TPSA) is 60.4 Å². The van der Waals surface area contributed by atoms with Gasteiger partial charge in [-0.25, -0.2) is 0 Å². The fourth-order valence-electron chi connectivity index (χ4n) is 2.64. The van der Waals surface area contributed by atoms with E-state index < -0.39 is 8.25 Å². The number of quaternary nitrogens is 1. The van der Waals surface area contributed by atoms with Crippen molar-refractivity contribution in [2.75, 3.05) is 26.2 Å². The molecule has 128 valence electrons. The number of rotatable bonds is 12. The first-order valence-electron chi connectivity index (χ1n) is 8.66. The van der Waals surface area contributed by atoms with E-state index in [1.165, 1.54) is 82.0 Å². The van der Waals surface area contributed by atoms with Gasteiger partial charge in [0.15, 0.2) is 0 Å². The van der Waals surface area contributed by atoms with Crippen LogP contribution in [-0.4, -0.2) is 35.6 Å². The molecule has 1 atom stereocenters. The minimum absolute atomic E-state index is 1.35. The Balaban J connectivity index is 0. The maximum absolute atomic E-state index is 8.59. The average Bonchev–Trinajstić information content (AvgIpc) is 2.45. The Morgan fingerprint density at radius 2 is 0.952 bits per heavy atom. The highest BCUT2D eigenvalue weighted by Crippen LogP contribution is 2.16. The third-order valence-corrected chi connectivity index (χ3v) is 3.94. The summed E-state index contributed by atoms with van der Waals surface area (Å²) in [4.78, 5) is 15.6. The lowest BCUT2D eigenvalue weighted by Gasteiger charge is -2.39. The molecular formula is C16H37NO3P+. The van der Waals surface area contributed by atoms with Gasteiger partial charge in [-0.2, -0.15) is 4.89 Å². The number of hydrogen-bond donors (Lipinski definition) is 1. The Bertz CT molecular complexity index is 196. The fraction of sp³-hybridized carbons (Fsp3) is 1.00. The Hall–Kier alpha value is -0.0200. The highest BCUT2D eigenvalue weighted by atomic mass is 31.1. The summed E-state index contributed by atoms with van der Waals surface area (Å²) >= 11 is 0. The van der Waals surface area contributed by atoms with Crippen molar-refractivity contribution < 1.29 is 18.8 Å². The largest absolute Gasteiger partial charge is 0.567 e. The predicted molar refractivity (Wildman–Crippen MR) is 89.2 cm³/mol. The molecule has 0 saturated carbocycles. The summed E-state index contributed by atoms with van der Waals surface area (Å²) in [7, 11) is -3.12. The molecule has 5 heteroatoms. The first-order valence-corrected chi connectivity index (χ1v) is 9.79. The van der Waals surface area contributed by atoms with Gasteiger partial charge in [-0.3, -0.25) is 0 Å². The first kappa shape index (κ1) is 23.2. The van der Waals surface area contributed by atoms with E-state index in [1.54, 1.807) is 0 Å². The van der Waals surface area contributed by atoms with Crippen LogP contribution in [0.1, 0.15) is 79.1 Å². The quantitative estimate of drug-likeness (QED) is 0.436. The predicted octanol–water partition coefficient (Wildman–Crippen LogP) is 4.00. The van der Waals surface area contributed by atoms with Gasteiger partial charge in [0.1, 0.15) is 0 Å². The van der Waals surface area contributed by atoms with Crippen LogP contribution in [0, 0.1) is 0 Å². The summed E-state index contributed by atoms with van der Waals surface area (Å²) < 4.78 is 10.0. The van der Waals surface area contributed by atoms with Gasteiger partial charge in [-0.15, -0.1) is 0 Å². The maximum atomic E-state index is 8.59. The minimum atomic E-state index is -3.12. The van der Waals surface area contributed by atoms with E-state index in [2.05, 4.69) is 27.7 Å². The summed E-state index contributed by atoms with van der Waals surface area (Å²) in [5, 5.41) is 0. The van der Waals surface area contributed by atoms with Gasteiger partial charge in [0, 0.05) is 0 Å². The monoisotopic (exact) mass is 322 g/mol. The second-order valence-electron chi connectivity index (χ2n) is 5.89. The van der Waals surface area contributed by atoms with Gasteiger partial charge in [0.25, 0.3) is 0 Å². The maximum Gasteiger partial charge on any atom is 0.485 e. The number of hydrogen-bond acceptors (Lipinski definition) is 2. The summed E-state index contributed by atoms with van der Waals surface area (Å²) in [6, 6.07) is 0. The number of unbranched alkanes of at least 4 members (excludes halogenated alkanes) is 4. The highest BCUT2D eigenvalue weighted by Gasteiger charge is 2.24. The molecule has 0 bridgehead atoms. The van der Waals surface area contributed by atoms with Crippen molar-refractivity contribution in [3.05, 3.63) is 0 Å². The van der Waals surface area contributed by atoms with Gasteiger partial charge < -0.3 is 9.38 Å². The molecule has 0 radical (unpaired) electrons. The third kappa shape index (κ3) is 16.2. The van der Waals surface area contributed by atoms with Crippen LogP contribution in [0.4, 0.5) is 0 Å². The van der Waals surface area contributed by atoms with E-state index >= 15 is 0 Å². The van der Waals surface area contributed by atoms with Gasteiger partial charge in [0.05, 0.1) is 26.2 Å². The van der Waals surface area contributed by atoms with Crippen molar-refractivity contribution in [3.63, 3.8) is 0 Å². The van der Waals surface area contributed by atoms with Crippen molar-refractivity contribution in [2.24, 2.45) is 0 Å². The molecule has 0 fully saturated rings. The Morgan fingerprint density at radius 3 is 1.10 bits per heavy atom. The zero-order valence-corrected chi connectivity index (χ0v) is 15.5. The molecule has 1 N–H and O–H groups in total. The van der Waals surface area contributed by atoms with Crippen molar-refractivity contribution in [3.8, 4) is 0 Å². The number of nitrogens with zero attached hydrogens (tertiary/aromatic N) is 1. The van der Waals surface area contributed by atoms with Gasteiger partial charge in [-0.1, -0.05) is 53.4 Å². The summed E-state index contributed by atoms with van der Waals surface area (Å²) in [6.07, 6.45) is 11.1. The molecule has 0 spiro atoms. The van der Waals surface area contributed by atoms with Gasteiger partial charge in [0.2, 0.25) is 0 Å². The highest BCUT2D eigenvalue weighted by molar-refractivity contribution is 7.29. The van der Waals surface area contributed by atoms with Crippen LogP contribution in [0.5, 0.6) is 0 Å². The van der Waals surface area contributed by atoms with E-state index in [4.69, 9.17) is 14.4 Å². The molecule has 0 aromatic carbocycles. The van der Waals surface area contributed by atoms with E-state index in [-0.39, 0.29) is 0 Å². The summed E-state index contributed by atoms with van der Waals surface area (Å²) in [6.45, 7) is 15.0. The van der Waals surface area contributed by atoms with E-state index in [0.29, 0.717) is 0 Å². The van der Waals surface area contributed by atoms with Crippen LogP contribution >= 0.6 is 8.25 Å². The summed E-state index contributed by atoms with van der Waals surface area (Å²) in [5.41, 5.74) is 0. The standard InChI is InChI=1S/C16H36N.HO3P/c1-5-9-13-17(14-10-6-2,15-11-7-3)16-12-8-4;1-4(2)3/h5-16H2,1-4H3;(H,1,2,3)/q+1;. The lowest BCUT2D eigenvalue weighted by atomic mass is 10.1. The lowest BCUT2D eigenvalue weighted by Crippen LogP contribution is -2.50.